The number of halogens is 3. The molecule has 2 aromatic rings. The molecule has 3 rings (SSSR count). The topological polar surface area (TPSA) is 104 Å². The Morgan fingerprint density at radius 2 is 1.81 bits per heavy atom. The number of sulfone groups is 1. The minimum Gasteiger partial charge on any atom is -0.331 e. The Balaban J connectivity index is 1.56. The molecular formula is C20H20F3N3O4S2. The van der Waals surface area contributed by atoms with Crippen LogP contribution in [0.3, 0.4) is 0 Å². The smallest absolute Gasteiger partial charge is 0.331 e. The number of rotatable bonds is 6. The zero-order valence-electron chi connectivity index (χ0n) is 16.8. The van der Waals surface area contributed by atoms with E-state index in [4.69, 9.17) is 0 Å². The van der Waals surface area contributed by atoms with Gasteiger partial charge in [0.15, 0.2) is 15.1 Å². The number of amides is 2. The lowest BCUT2D eigenvalue weighted by molar-refractivity contribution is -0.137. The molecule has 172 valence electrons. The minimum atomic E-state index is -4.62. The van der Waals surface area contributed by atoms with Crippen molar-refractivity contribution in [1.29, 1.82) is 0 Å². The SMILES string of the molecule is Cc1ccc(S(=O)(=O)C2CNC(SCC(=O)Nc3ccccc3C(F)(F)F)NC2=O)cc1. The van der Waals surface area contributed by atoms with Gasteiger partial charge < -0.3 is 10.6 Å². The predicted octanol–water partition coefficient (Wildman–Crippen LogP) is 2.53. The van der Waals surface area contributed by atoms with E-state index >= 15 is 0 Å². The Bertz CT molecular complexity index is 1110. The molecular weight excluding hydrogens is 467 g/mol. The molecule has 2 unspecified atom stereocenters. The maximum absolute atomic E-state index is 13.0. The van der Waals surface area contributed by atoms with Crippen LogP contribution in [0.25, 0.3) is 0 Å². The van der Waals surface area contributed by atoms with E-state index in [0.717, 1.165) is 29.5 Å². The van der Waals surface area contributed by atoms with Crippen LogP contribution < -0.4 is 16.0 Å². The van der Waals surface area contributed by atoms with E-state index in [0.29, 0.717) is 0 Å². The summed E-state index contributed by atoms with van der Waals surface area (Å²) in [6.07, 6.45) is -4.62. The summed E-state index contributed by atoms with van der Waals surface area (Å²) in [6, 6.07) is 10.7. The summed E-state index contributed by atoms with van der Waals surface area (Å²) in [5.41, 5.74) is -1.22. The van der Waals surface area contributed by atoms with Crippen LogP contribution in [-0.4, -0.2) is 43.3 Å². The summed E-state index contributed by atoms with van der Waals surface area (Å²) in [6.45, 7) is 1.64. The molecule has 1 aliphatic rings. The van der Waals surface area contributed by atoms with Crippen LogP contribution in [0.5, 0.6) is 0 Å². The van der Waals surface area contributed by atoms with E-state index in [-0.39, 0.29) is 22.9 Å². The molecule has 7 nitrogen and oxygen atoms in total. The first kappa shape index (κ1) is 24.1. The van der Waals surface area contributed by atoms with E-state index in [1.165, 1.54) is 24.3 Å². The number of para-hydroxylation sites is 1. The van der Waals surface area contributed by atoms with Crippen molar-refractivity contribution in [1.82, 2.24) is 10.6 Å². The summed E-state index contributed by atoms with van der Waals surface area (Å²) < 4.78 is 64.6. The molecule has 0 saturated carbocycles. The number of thioether (sulfide) groups is 1. The number of alkyl halides is 3. The van der Waals surface area contributed by atoms with E-state index in [1.54, 1.807) is 12.1 Å². The Morgan fingerprint density at radius 3 is 2.44 bits per heavy atom. The summed E-state index contributed by atoms with van der Waals surface area (Å²) in [5, 5.41) is 6.19. The molecule has 1 fully saturated rings. The summed E-state index contributed by atoms with van der Waals surface area (Å²) in [7, 11) is -3.91. The van der Waals surface area contributed by atoms with Gasteiger partial charge in [-0.15, -0.1) is 11.8 Å². The quantitative estimate of drug-likeness (QED) is 0.579. The number of benzene rings is 2. The van der Waals surface area contributed by atoms with Gasteiger partial charge in [0.05, 0.1) is 21.9 Å². The summed E-state index contributed by atoms with van der Waals surface area (Å²) in [5.74, 6) is -1.68. The second kappa shape index (κ2) is 9.51. The van der Waals surface area contributed by atoms with Gasteiger partial charge in [0.1, 0.15) is 5.50 Å². The predicted molar refractivity (Wildman–Crippen MR) is 115 cm³/mol. The van der Waals surface area contributed by atoms with Gasteiger partial charge in [-0.05, 0) is 31.2 Å². The second-order valence-corrected chi connectivity index (χ2v) is 10.3. The van der Waals surface area contributed by atoms with Crippen molar-refractivity contribution in [3.63, 3.8) is 0 Å². The standard InChI is InChI=1S/C20H20F3N3O4S2/c1-12-6-8-13(9-7-12)32(29,30)16-10-24-19(26-18(16)28)31-11-17(27)25-15-5-3-2-4-14(15)20(21,22)23/h2-9,16,19,24H,10-11H2,1H3,(H,25,27)(H,26,28). The van der Waals surface area contributed by atoms with Gasteiger partial charge in [0.25, 0.3) is 0 Å². The van der Waals surface area contributed by atoms with Gasteiger partial charge in [0, 0.05) is 6.54 Å². The first-order chi connectivity index (χ1) is 15.0. The van der Waals surface area contributed by atoms with Crippen LogP contribution in [-0.2, 0) is 25.6 Å². The van der Waals surface area contributed by atoms with Crippen LogP contribution in [0.4, 0.5) is 18.9 Å². The van der Waals surface area contributed by atoms with Crippen LogP contribution in [0, 0.1) is 6.92 Å². The lowest BCUT2D eigenvalue weighted by Crippen LogP contribution is -2.59. The first-order valence-corrected chi connectivity index (χ1v) is 12.0. The van der Waals surface area contributed by atoms with E-state index < -0.39 is 44.1 Å². The first-order valence-electron chi connectivity index (χ1n) is 9.40. The molecule has 3 N–H and O–H groups in total. The van der Waals surface area contributed by atoms with Crippen LogP contribution in [0.15, 0.2) is 53.4 Å². The molecule has 32 heavy (non-hydrogen) atoms. The number of anilines is 1. The maximum atomic E-state index is 13.0. The molecule has 1 heterocycles. The normalized spacial score (nSPS) is 19.3. The average Bonchev–Trinajstić information content (AvgIpc) is 2.72. The Labute approximate surface area is 187 Å². The number of hydrogen-bond acceptors (Lipinski definition) is 6. The van der Waals surface area contributed by atoms with Crippen LogP contribution in [0.1, 0.15) is 11.1 Å². The molecule has 2 amide bonds. The van der Waals surface area contributed by atoms with E-state index in [9.17, 15) is 31.2 Å². The Kier molecular flexibility index (Phi) is 7.16. The lowest BCUT2D eigenvalue weighted by atomic mass is 10.1. The van der Waals surface area contributed by atoms with E-state index in [2.05, 4.69) is 16.0 Å². The number of carbonyl (C=O) groups excluding carboxylic acids is 2. The monoisotopic (exact) mass is 487 g/mol. The largest absolute Gasteiger partial charge is 0.418 e. The molecule has 0 radical (unpaired) electrons. The van der Waals surface area contributed by atoms with Crippen molar-refractivity contribution < 1.29 is 31.2 Å². The molecule has 2 atom stereocenters. The van der Waals surface area contributed by atoms with Gasteiger partial charge in [-0.25, -0.2) is 8.42 Å². The Hall–Kier alpha value is -2.57. The van der Waals surface area contributed by atoms with Crippen molar-refractivity contribution in [2.45, 2.75) is 28.7 Å². The third kappa shape index (κ3) is 5.61. The highest BCUT2D eigenvalue weighted by Crippen LogP contribution is 2.34. The van der Waals surface area contributed by atoms with Gasteiger partial charge >= 0.3 is 6.18 Å². The zero-order valence-corrected chi connectivity index (χ0v) is 18.4. The molecule has 0 spiro atoms. The number of carbonyl (C=O) groups is 2. The van der Waals surface area contributed by atoms with Crippen molar-refractivity contribution in [3.05, 3.63) is 59.7 Å². The summed E-state index contributed by atoms with van der Waals surface area (Å²) >= 11 is 0.921. The van der Waals surface area contributed by atoms with Gasteiger partial charge in [0.2, 0.25) is 11.8 Å². The fraction of sp³-hybridized carbons (Fsp3) is 0.300. The fourth-order valence-corrected chi connectivity index (χ4v) is 5.32. The second-order valence-electron chi connectivity index (χ2n) is 7.05. The summed E-state index contributed by atoms with van der Waals surface area (Å²) in [4.78, 5) is 24.6. The van der Waals surface area contributed by atoms with Crippen molar-refractivity contribution in [2.75, 3.05) is 17.6 Å². The van der Waals surface area contributed by atoms with Gasteiger partial charge in [-0.2, -0.15) is 13.2 Å². The highest BCUT2D eigenvalue weighted by atomic mass is 32.2. The van der Waals surface area contributed by atoms with Gasteiger partial charge in [-0.1, -0.05) is 29.8 Å². The van der Waals surface area contributed by atoms with Gasteiger partial charge in [-0.3, -0.25) is 14.9 Å². The van der Waals surface area contributed by atoms with Crippen molar-refractivity contribution in [2.24, 2.45) is 0 Å². The molecule has 0 bridgehead atoms. The molecule has 0 aliphatic carbocycles. The number of aryl methyl sites for hydroxylation is 1. The molecule has 2 aromatic carbocycles. The molecule has 1 aliphatic heterocycles. The van der Waals surface area contributed by atoms with Crippen molar-refractivity contribution in [3.8, 4) is 0 Å². The van der Waals surface area contributed by atoms with Crippen LogP contribution in [0.2, 0.25) is 0 Å². The van der Waals surface area contributed by atoms with Crippen LogP contribution >= 0.6 is 11.8 Å². The maximum Gasteiger partial charge on any atom is 0.418 e. The Morgan fingerprint density at radius 1 is 1.16 bits per heavy atom. The lowest BCUT2D eigenvalue weighted by Gasteiger charge is -2.29. The van der Waals surface area contributed by atoms with E-state index in [1.807, 2.05) is 6.92 Å². The molecule has 1 saturated heterocycles. The minimum absolute atomic E-state index is 0.0267. The van der Waals surface area contributed by atoms with Crippen molar-refractivity contribution >= 4 is 39.1 Å². The fourth-order valence-electron chi connectivity index (χ4n) is 3.01. The molecule has 0 aromatic heterocycles. The average molecular weight is 488 g/mol. The number of hydrogen-bond donors (Lipinski definition) is 3. The third-order valence-electron chi connectivity index (χ3n) is 4.67. The highest BCUT2D eigenvalue weighted by molar-refractivity contribution is 8.00. The number of nitrogens with one attached hydrogen (secondary N) is 3. The highest BCUT2D eigenvalue weighted by Gasteiger charge is 2.38. The molecule has 12 heteroatoms. The third-order valence-corrected chi connectivity index (χ3v) is 7.77. The zero-order chi connectivity index (χ0) is 23.5.